The first-order valence-electron chi connectivity index (χ1n) is 5.02. The second-order valence-electron chi connectivity index (χ2n) is 3.57. The molecule has 0 aliphatic rings. The summed E-state index contributed by atoms with van der Waals surface area (Å²) >= 11 is 18.2. The van der Waals surface area contributed by atoms with Gasteiger partial charge in [-0.1, -0.05) is 40.9 Å². The first-order chi connectivity index (χ1) is 8.54. The van der Waals surface area contributed by atoms with Crippen LogP contribution >= 0.6 is 34.8 Å². The zero-order chi connectivity index (χ0) is 13.3. The predicted octanol–water partition coefficient (Wildman–Crippen LogP) is 5.46. The Balaban J connectivity index is 2.65. The van der Waals surface area contributed by atoms with E-state index in [1.165, 1.54) is 19.2 Å². The summed E-state index contributed by atoms with van der Waals surface area (Å²) < 4.78 is 18.3. The lowest BCUT2D eigenvalue weighted by molar-refractivity contribution is 0.387. The molecule has 0 spiro atoms. The molecule has 0 heterocycles. The maximum atomic E-state index is 13.3. The normalized spacial score (nSPS) is 10.5. The molecule has 0 unspecified atom stereocenters. The van der Waals surface area contributed by atoms with Crippen molar-refractivity contribution in [3.63, 3.8) is 0 Å². The molecule has 0 saturated carbocycles. The molecule has 0 saturated heterocycles. The molecule has 94 valence electrons. The van der Waals surface area contributed by atoms with E-state index in [-0.39, 0.29) is 5.75 Å². The van der Waals surface area contributed by atoms with Gasteiger partial charge in [0.1, 0.15) is 0 Å². The predicted molar refractivity (Wildman–Crippen MR) is 73.4 cm³/mol. The van der Waals surface area contributed by atoms with Gasteiger partial charge in [-0.3, -0.25) is 0 Å². The fraction of sp³-hybridized carbons (Fsp3) is 0.0769. The van der Waals surface area contributed by atoms with Gasteiger partial charge in [-0.25, -0.2) is 4.39 Å². The highest BCUT2D eigenvalue weighted by atomic mass is 35.5. The number of hydrogen-bond acceptors (Lipinski definition) is 1. The Morgan fingerprint density at radius 3 is 2.33 bits per heavy atom. The van der Waals surface area contributed by atoms with Crippen LogP contribution in [0.2, 0.25) is 15.1 Å². The van der Waals surface area contributed by atoms with E-state index in [1.807, 2.05) is 0 Å². The molecule has 0 bridgehead atoms. The van der Waals surface area contributed by atoms with Gasteiger partial charge in [0.05, 0.1) is 17.2 Å². The Kier molecular flexibility index (Phi) is 4.00. The second kappa shape index (κ2) is 5.35. The minimum absolute atomic E-state index is 0.125. The van der Waals surface area contributed by atoms with Gasteiger partial charge in [-0.15, -0.1) is 0 Å². The van der Waals surface area contributed by atoms with Gasteiger partial charge in [0.2, 0.25) is 0 Å². The fourth-order valence-corrected chi connectivity index (χ4v) is 2.35. The van der Waals surface area contributed by atoms with Gasteiger partial charge >= 0.3 is 0 Å². The smallest absolute Gasteiger partial charge is 0.165 e. The van der Waals surface area contributed by atoms with Crippen LogP contribution < -0.4 is 4.74 Å². The van der Waals surface area contributed by atoms with E-state index >= 15 is 0 Å². The van der Waals surface area contributed by atoms with E-state index in [0.717, 1.165) is 0 Å². The highest BCUT2D eigenvalue weighted by Crippen LogP contribution is 2.40. The van der Waals surface area contributed by atoms with Crippen molar-refractivity contribution in [2.45, 2.75) is 0 Å². The SMILES string of the molecule is COc1cc(-c2c(Cl)ccc(Cl)c2Cl)ccc1F. The van der Waals surface area contributed by atoms with Gasteiger partial charge in [0.25, 0.3) is 0 Å². The maximum absolute atomic E-state index is 13.3. The largest absolute Gasteiger partial charge is 0.494 e. The van der Waals surface area contributed by atoms with E-state index in [0.29, 0.717) is 26.2 Å². The summed E-state index contributed by atoms with van der Waals surface area (Å²) in [7, 11) is 1.39. The van der Waals surface area contributed by atoms with Crippen LogP contribution in [-0.4, -0.2) is 7.11 Å². The van der Waals surface area contributed by atoms with Gasteiger partial charge in [0.15, 0.2) is 11.6 Å². The van der Waals surface area contributed by atoms with Crippen LogP contribution in [0.1, 0.15) is 0 Å². The molecule has 0 aromatic heterocycles. The van der Waals surface area contributed by atoms with Crippen LogP contribution in [0.25, 0.3) is 11.1 Å². The first kappa shape index (κ1) is 13.5. The van der Waals surface area contributed by atoms with Crippen molar-refractivity contribution < 1.29 is 9.13 Å². The summed E-state index contributed by atoms with van der Waals surface area (Å²) in [4.78, 5) is 0. The van der Waals surface area contributed by atoms with E-state index in [1.54, 1.807) is 18.2 Å². The van der Waals surface area contributed by atoms with Crippen LogP contribution in [0.5, 0.6) is 5.75 Å². The molecule has 2 aromatic carbocycles. The molecular weight excluding hydrogens is 297 g/mol. The highest BCUT2D eigenvalue weighted by Gasteiger charge is 2.13. The Morgan fingerprint density at radius 2 is 1.67 bits per heavy atom. The second-order valence-corrected chi connectivity index (χ2v) is 4.76. The fourth-order valence-electron chi connectivity index (χ4n) is 1.61. The van der Waals surface area contributed by atoms with Crippen molar-refractivity contribution in [1.29, 1.82) is 0 Å². The number of benzene rings is 2. The van der Waals surface area contributed by atoms with E-state index < -0.39 is 5.82 Å². The summed E-state index contributed by atoms with van der Waals surface area (Å²) in [5, 5.41) is 1.16. The number of rotatable bonds is 2. The minimum atomic E-state index is -0.449. The molecule has 0 radical (unpaired) electrons. The summed E-state index contributed by atoms with van der Waals surface area (Å²) in [5.41, 5.74) is 1.20. The molecular formula is C13H8Cl3FO. The van der Waals surface area contributed by atoms with Crippen LogP contribution in [-0.2, 0) is 0 Å². The first-order valence-corrected chi connectivity index (χ1v) is 6.15. The molecule has 2 rings (SSSR count). The number of hydrogen-bond donors (Lipinski definition) is 0. The molecule has 0 fully saturated rings. The third-order valence-electron chi connectivity index (χ3n) is 2.48. The summed E-state index contributed by atoms with van der Waals surface area (Å²) in [6.07, 6.45) is 0. The van der Waals surface area contributed by atoms with Crippen molar-refractivity contribution in [3.05, 3.63) is 51.2 Å². The lowest BCUT2D eigenvalue weighted by Gasteiger charge is -2.10. The molecule has 0 N–H and O–H groups in total. The van der Waals surface area contributed by atoms with Gasteiger partial charge in [0, 0.05) is 10.6 Å². The average Bonchev–Trinajstić information content (AvgIpc) is 2.36. The van der Waals surface area contributed by atoms with Crippen molar-refractivity contribution in [1.82, 2.24) is 0 Å². The zero-order valence-electron chi connectivity index (χ0n) is 9.31. The third kappa shape index (κ3) is 2.41. The highest BCUT2D eigenvalue weighted by molar-refractivity contribution is 6.46. The van der Waals surface area contributed by atoms with Crippen LogP contribution in [0.3, 0.4) is 0 Å². The standard InChI is InChI=1S/C13H8Cl3FO/c1-18-11-6-7(2-5-10(11)17)12-8(14)3-4-9(15)13(12)16/h2-6H,1H3. The van der Waals surface area contributed by atoms with Crippen molar-refractivity contribution >= 4 is 34.8 Å². The Labute approximate surface area is 119 Å². The summed E-state index contributed by atoms with van der Waals surface area (Å²) in [5.74, 6) is -0.324. The molecule has 18 heavy (non-hydrogen) atoms. The topological polar surface area (TPSA) is 9.23 Å². The zero-order valence-corrected chi connectivity index (χ0v) is 11.6. The van der Waals surface area contributed by atoms with Crippen LogP contribution in [0, 0.1) is 5.82 Å². The monoisotopic (exact) mass is 304 g/mol. The third-order valence-corrected chi connectivity index (χ3v) is 3.60. The van der Waals surface area contributed by atoms with Gasteiger partial charge < -0.3 is 4.74 Å². The van der Waals surface area contributed by atoms with Crippen molar-refractivity contribution in [2.24, 2.45) is 0 Å². The Morgan fingerprint density at radius 1 is 1.00 bits per heavy atom. The molecule has 0 amide bonds. The van der Waals surface area contributed by atoms with Crippen molar-refractivity contribution in [2.75, 3.05) is 7.11 Å². The summed E-state index contributed by atoms with van der Waals surface area (Å²) in [6.45, 7) is 0. The van der Waals surface area contributed by atoms with Crippen LogP contribution in [0.4, 0.5) is 4.39 Å². The number of methoxy groups -OCH3 is 1. The maximum Gasteiger partial charge on any atom is 0.165 e. The molecule has 0 atom stereocenters. The quantitative estimate of drug-likeness (QED) is 0.669. The Hall–Kier alpha value is -0.960. The number of ether oxygens (including phenoxy) is 1. The lowest BCUT2D eigenvalue weighted by Crippen LogP contribution is -1.90. The van der Waals surface area contributed by atoms with E-state index in [2.05, 4.69) is 0 Å². The minimum Gasteiger partial charge on any atom is -0.494 e. The molecule has 1 nitrogen and oxygen atoms in total. The lowest BCUT2D eigenvalue weighted by atomic mass is 10.1. The van der Waals surface area contributed by atoms with Crippen molar-refractivity contribution in [3.8, 4) is 16.9 Å². The Bertz CT molecular complexity index is 599. The van der Waals surface area contributed by atoms with Crippen LogP contribution in [0.15, 0.2) is 30.3 Å². The molecule has 0 aliphatic carbocycles. The number of halogens is 4. The van der Waals surface area contributed by atoms with E-state index in [9.17, 15) is 4.39 Å². The molecule has 2 aromatic rings. The molecule has 0 aliphatic heterocycles. The molecule has 5 heteroatoms. The average molecular weight is 306 g/mol. The summed E-state index contributed by atoms with van der Waals surface area (Å²) in [6, 6.07) is 7.64. The van der Waals surface area contributed by atoms with Gasteiger partial charge in [-0.2, -0.15) is 0 Å². The van der Waals surface area contributed by atoms with Gasteiger partial charge in [-0.05, 0) is 29.8 Å². The van der Waals surface area contributed by atoms with E-state index in [4.69, 9.17) is 39.5 Å².